The smallest absolute Gasteiger partial charge is 0.306 e. The van der Waals surface area contributed by atoms with Crippen LogP contribution < -0.4 is 0 Å². The molecule has 0 radical (unpaired) electrons. The third kappa shape index (κ3) is 1.72. The highest BCUT2D eigenvalue weighted by molar-refractivity contribution is 5.91. The molecule has 1 spiro atoms. The van der Waals surface area contributed by atoms with Crippen LogP contribution >= 0.6 is 0 Å². The Morgan fingerprint density at radius 1 is 1.04 bits per heavy atom. The summed E-state index contributed by atoms with van der Waals surface area (Å²) in [5.74, 6) is 4.89. The molecule has 3 unspecified atom stereocenters. The summed E-state index contributed by atoms with van der Waals surface area (Å²) in [5, 5.41) is 0. The van der Waals surface area contributed by atoms with Gasteiger partial charge < -0.3 is 4.74 Å². The van der Waals surface area contributed by atoms with E-state index >= 15 is 0 Å². The van der Waals surface area contributed by atoms with Crippen LogP contribution in [0.5, 0.6) is 0 Å². The van der Waals surface area contributed by atoms with Gasteiger partial charge in [-0.3, -0.25) is 9.59 Å². The van der Waals surface area contributed by atoms with Crippen LogP contribution in [0.2, 0.25) is 0 Å². The number of allylic oxidation sites excluding steroid dienone is 1. The van der Waals surface area contributed by atoms with E-state index in [-0.39, 0.29) is 17.0 Å². The third-order valence-corrected chi connectivity index (χ3v) is 9.75. The summed E-state index contributed by atoms with van der Waals surface area (Å²) in [5.41, 5.74) is 1.61. The van der Waals surface area contributed by atoms with Crippen molar-refractivity contribution in [1.29, 1.82) is 0 Å². The van der Waals surface area contributed by atoms with Gasteiger partial charge in [0.15, 0.2) is 5.78 Å². The molecular weight excluding hydrogens is 324 g/mol. The van der Waals surface area contributed by atoms with Crippen molar-refractivity contribution in [3.8, 4) is 0 Å². The lowest BCUT2D eigenvalue weighted by Gasteiger charge is -2.58. The molecular formula is C23H30O3. The molecule has 1 heterocycles. The summed E-state index contributed by atoms with van der Waals surface area (Å²) in [7, 11) is 0. The van der Waals surface area contributed by atoms with E-state index in [2.05, 4.69) is 6.92 Å². The van der Waals surface area contributed by atoms with E-state index in [0.29, 0.717) is 24.0 Å². The Morgan fingerprint density at radius 2 is 1.92 bits per heavy atom. The summed E-state index contributed by atoms with van der Waals surface area (Å²) < 4.78 is 6.23. The molecule has 4 saturated carbocycles. The van der Waals surface area contributed by atoms with Gasteiger partial charge in [0.05, 0.1) is 0 Å². The second-order valence-electron chi connectivity index (χ2n) is 10.1. The first kappa shape index (κ1) is 15.9. The molecule has 1 aliphatic heterocycles. The molecule has 0 amide bonds. The van der Waals surface area contributed by atoms with Gasteiger partial charge in [0.2, 0.25) is 0 Å². The normalized spacial score (nSPS) is 54.1. The van der Waals surface area contributed by atoms with E-state index in [1.165, 1.54) is 37.7 Å². The number of ketones is 1. The zero-order valence-electron chi connectivity index (χ0n) is 15.8. The fourth-order valence-electron chi connectivity index (χ4n) is 8.98. The maximum atomic E-state index is 12.1. The van der Waals surface area contributed by atoms with Crippen molar-refractivity contribution in [2.75, 3.05) is 0 Å². The number of ether oxygens (including phenoxy) is 1. The minimum absolute atomic E-state index is 0.0610. The van der Waals surface area contributed by atoms with E-state index in [1.807, 2.05) is 6.08 Å². The van der Waals surface area contributed by atoms with Gasteiger partial charge in [-0.25, -0.2) is 0 Å². The highest BCUT2D eigenvalue weighted by atomic mass is 16.6. The summed E-state index contributed by atoms with van der Waals surface area (Å²) in [6.07, 6.45) is 12.9. The van der Waals surface area contributed by atoms with Crippen LogP contribution in [0.4, 0.5) is 0 Å². The predicted octanol–water partition coefficient (Wildman–Crippen LogP) is 4.45. The molecule has 3 nitrogen and oxygen atoms in total. The average molecular weight is 354 g/mol. The summed E-state index contributed by atoms with van der Waals surface area (Å²) in [6.45, 7) is 2.36. The molecule has 5 fully saturated rings. The molecule has 140 valence electrons. The van der Waals surface area contributed by atoms with Crippen LogP contribution in [-0.2, 0) is 14.3 Å². The van der Waals surface area contributed by atoms with Gasteiger partial charge in [-0.05, 0) is 87.0 Å². The van der Waals surface area contributed by atoms with E-state index in [4.69, 9.17) is 4.74 Å². The van der Waals surface area contributed by atoms with Crippen LogP contribution in [0.25, 0.3) is 0 Å². The van der Waals surface area contributed by atoms with Gasteiger partial charge in [-0.2, -0.15) is 0 Å². The zero-order chi connectivity index (χ0) is 17.7. The molecule has 1 saturated heterocycles. The van der Waals surface area contributed by atoms with Crippen LogP contribution in [0, 0.1) is 40.9 Å². The highest BCUT2D eigenvalue weighted by Crippen LogP contribution is 2.79. The van der Waals surface area contributed by atoms with Gasteiger partial charge in [0, 0.05) is 24.2 Å². The molecule has 0 N–H and O–H groups in total. The summed E-state index contributed by atoms with van der Waals surface area (Å²) in [4.78, 5) is 24.0. The third-order valence-electron chi connectivity index (χ3n) is 9.75. The molecule has 8 atom stereocenters. The standard InChI is InChI=1S/C23H30O3/c1-2-22-9-7-16-15-6-4-14(24)11-13(15)3-5-17(16)21(22)18-12-19(18)23(22)10-8-20(25)26-23/h11,15-19,21H,2-10,12H2,1H3/t15-,16?,17?,18-,19+,21?,22-,23-/m0/s1. The average Bonchev–Trinajstić information content (AvgIpc) is 3.29. The van der Waals surface area contributed by atoms with Gasteiger partial charge in [-0.15, -0.1) is 0 Å². The maximum absolute atomic E-state index is 12.1. The Hall–Kier alpha value is -1.12. The van der Waals surface area contributed by atoms with E-state index < -0.39 is 0 Å². The van der Waals surface area contributed by atoms with Crippen molar-refractivity contribution >= 4 is 11.8 Å². The van der Waals surface area contributed by atoms with Crippen molar-refractivity contribution < 1.29 is 14.3 Å². The highest BCUT2D eigenvalue weighted by Gasteiger charge is 2.79. The largest absolute Gasteiger partial charge is 0.458 e. The monoisotopic (exact) mass is 354 g/mol. The zero-order valence-corrected chi connectivity index (χ0v) is 15.8. The Kier molecular flexibility index (Phi) is 3.07. The fraction of sp³-hybridized carbons (Fsp3) is 0.826. The van der Waals surface area contributed by atoms with Crippen molar-refractivity contribution in [2.24, 2.45) is 40.9 Å². The number of esters is 1. The SMILES string of the molecule is CC[C@]12CCC3C(CCC4=CC(=O)CC[C@@H]43)C1[C@H]1C[C@H]1[C@@]21CCC(=O)O1. The molecule has 26 heavy (non-hydrogen) atoms. The number of carbonyl (C=O) groups is 2. The molecule has 6 rings (SSSR count). The number of fused-ring (bicyclic) bond motifs is 9. The van der Waals surface area contributed by atoms with Crippen molar-refractivity contribution in [1.82, 2.24) is 0 Å². The maximum Gasteiger partial charge on any atom is 0.306 e. The lowest BCUT2D eigenvalue weighted by atomic mass is 9.47. The van der Waals surface area contributed by atoms with Crippen molar-refractivity contribution in [2.45, 2.75) is 76.7 Å². The molecule has 6 aliphatic rings. The van der Waals surface area contributed by atoms with Crippen molar-refractivity contribution in [3.05, 3.63) is 11.6 Å². The Bertz CT molecular complexity index is 723. The molecule has 5 aliphatic carbocycles. The van der Waals surface area contributed by atoms with Crippen LogP contribution in [-0.4, -0.2) is 17.4 Å². The number of hydrogen-bond acceptors (Lipinski definition) is 3. The number of hydrogen-bond donors (Lipinski definition) is 0. The second kappa shape index (κ2) is 5.02. The molecule has 0 aromatic heterocycles. The molecule has 0 aromatic carbocycles. The van der Waals surface area contributed by atoms with Gasteiger partial charge in [0.25, 0.3) is 0 Å². The predicted molar refractivity (Wildman–Crippen MR) is 97.1 cm³/mol. The minimum atomic E-state index is -0.113. The number of rotatable bonds is 1. The minimum Gasteiger partial charge on any atom is -0.458 e. The van der Waals surface area contributed by atoms with Crippen molar-refractivity contribution in [3.63, 3.8) is 0 Å². The van der Waals surface area contributed by atoms with Crippen LogP contribution in [0.15, 0.2) is 11.6 Å². The van der Waals surface area contributed by atoms with Gasteiger partial charge in [-0.1, -0.05) is 12.5 Å². The van der Waals surface area contributed by atoms with Gasteiger partial charge >= 0.3 is 5.97 Å². The lowest BCUT2D eigenvalue weighted by molar-refractivity contribution is -0.179. The fourth-order valence-corrected chi connectivity index (χ4v) is 8.98. The second-order valence-corrected chi connectivity index (χ2v) is 10.1. The summed E-state index contributed by atoms with van der Waals surface area (Å²) in [6, 6.07) is 0. The number of carbonyl (C=O) groups excluding carboxylic acids is 2. The molecule has 0 bridgehead atoms. The van der Waals surface area contributed by atoms with E-state index in [1.54, 1.807) is 0 Å². The first-order chi connectivity index (χ1) is 12.6. The van der Waals surface area contributed by atoms with E-state index in [0.717, 1.165) is 49.4 Å². The first-order valence-electron chi connectivity index (χ1n) is 11.0. The Balaban J connectivity index is 1.39. The lowest BCUT2D eigenvalue weighted by Crippen LogP contribution is -2.56. The van der Waals surface area contributed by atoms with Crippen LogP contribution in [0.3, 0.4) is 0 Å². The van der Waals surface area contributed by atoms with E-state index in [9.17, 15) is 9.59 Å². The Labute approximate surface area is 155 Å². The topological polar surface area (TPSA) is 43.4 Å². The molecule has 3 heteroatoms. The quantitative estimate of drug-likeness (QED) is 0.654. The summed E-state index contributed by atoms with van der Waals surface area (Å²) >= 11 is 0. The molecule has 0 aromatic rings. The first-order valence-corrected chi connectivity index (χ1v) is 11.0. The van der Waals surface area contributed by atoms with Gasteiger partial charge in [0.1, 0.15) is 5.60 Å². The van der Waals surface area contributed by atoms with Crippen LogP contribution in [0.1, 0.15) is 71.1 Å². The Morgan fingerprint density at radius 3 is 2.69 bits per heavy atom.